The van der Waals surface area contributed by atoms with Crippen molar-refractivity contribution in [3.8, 4) is 0 Å². The molecule has 1 unspecified atom stereocenters. The molecule has 0 fully saturated rings. The lowest BCUT2D eigenvalue weighted by Crippen LogP contribution is -2.48. The lowest BCUT2D eigenvalue weighted by Gasteiger charge is -2.38. The van der Waals surface area contributed by atoms with E-state index in [0.717, 1.165) is 0 Å². The summed E-state index contributed by atoms with van der Waals surface area (Å²) in [6.07, 6.45) is 1.67. The van der Waals surface area contributed by atoms with Gasteiger partial charge in [-0.05, 0) is 33.6 Å². The lowest BCUT2D eigenvalue weighted by molar-refractivity contribution is -0.156. The van der Waals surface area contributed by atoms with Crippen LogP contribution in [0.4, 0.5) is 0 Å². The van der Waals surface area contributed by atoms with Crippen molar-refractivity contribution in [3.05, 3.63) is 12.7 Å². The van der Waals surface area contributed by atoms with Crippen LogP contribution in [0.15, 0.2) is 12.7 Å². The Morgan fingerprint density at radius 3 is 2.00 bits per heavy atom. The summed E-state index contributed by atoms with van der Waals surface area (Å²) in [5, 5.41) is 9.38. The van der Waals surface area contributed by atoms with E-state index in [1.807, 2.05) is 34.6 Å². The van der Waals surface area contributed by atoms with Crippen LogP contribution in [-0.2, 0) is 9.59 Å². The van der Waals surface area contributed by atoms with E-state index < -0.39 is 11.4 Å². The Labute approximate surface area is 116 Å². The van der Waals surface area contributed by atoms with Crippen LogP contribution in [0.5, 0.6) is 0 Å². The van der Waals surface area contributed by atoms with Gasteiger partial charge in [0, 0.05) is 18.5 Å². The molecule has 0 spiro atoms. The van der Waals surface area contributed by atoms with Gasteiger partial charge in [-0.15, -0.1) is 6.58 Å². The van der Waals surface area contributed by atoms with Crippen molar-refractivity contribution in [1.82, 2.24) is 4.90 Å². The van der Waals surface area contributed by atoms with Crippen molar-refractivity contribution in [3.63, 3.8) is 0 Å². The fraction of sp³-hybridized carbons (Fsp3) is 0.733. The smallest absolute Gasteiger partial charge is 0.310 e. The Morgan fingerprint density at radius 1 is 1.26 bits per heavy atom. The zero-order valence-electron chi connectivity index (χ0n) is 13.0. The Balaban J connectivity index is 5.19. The van der Waals surface area contributed by atoms with Gasteiger partial charge in [0.25, 0.3) is 0 Å². The van der Waals surface area contributed by atoms with Gasteiger partial charge >= 0.3 is 5.97 Å². The molecule has 0 heterocycles. The summed E-state index contributed by atoms with van der Waals surface area (Å²) >= 11 is 0. The summed E-state index contributed by atoms with van der Waals surface area (Å²) < 4.78 is 0. The van der Waals surface area contributed by atoms with Crippen LogP contribution in [0.3, 0.4) is 0 Å². The zero-order chi connectivity index (χ0) is 15.4. The quantitative estimate of drug-likeness (QED) is 0.754. The topological polar surface area (TPSA) is 57.6 Å². The third-order valence-corrected chi connectivity index (χ3v) is 3.70. The van der Waals surface area contributed by atoms with E-state index >= 15 is 0 Å². The Kier molecular flexibility index (Phi) is 5.79. The highest BCUT2D eigenvalue weighted by atomic mass is 16.4. The highest BCUT2D eigenvalue weighted by molar-refractivity contribution is 5.85. The molecule has 0 rings (SSSR count). The van der Waals surface area contributed by atoms with E-state index in [1.165, 1.54) is 0 Å². The summed E-state index contributed by atoms with van der Waals surface area (Å²) in [7, 11) is 0. The van der Waals surface area contributed by atoms with Crippen molar-refractivity contribution >= 4 is 11.9 Å². The average Bonchev–Trinajstić information content (AvgIpc) is 2.23. The number of nitrogens with zero attached hydrogens (tertiary/aromatic N) is 1. The molecular formula is C15H27NO3. The Hall–Kier alpha value is -1.32. The number of hydrogen-bond donors (Lipinski definition) is 1. The van der Waals surface area contributed by atoms with Crippen LogP contribution in [0.25, 0.3) is 0 Å². The molecule has 0 radical (unpaired) electrons. The van der Waals surface area contributed by atoms with Gasteiger partial charge in [-0.1, -0.05) is 19.9 Å². The Morgan fingerprint density at radius 2 is 1.74 bits per heavy atom. The third kappa shape index (κ3) is 4.37. The first kappa shape index (κ1) is 17.7. The molecule has 0 aliphatic carbocycles. The minimum atomic E-state index is -1.04. The molecule has 19 heavy (non-hydrogen) atoms. The molecule has 0 aliphatic heterocycles. The van der Waals surface area contributed by atoms with Gasteiger partial charge in [-0.3, -0.25) is 9.59 Å². The minimum Gasteiger partial charge on any atom is -0.481 e. The number of rotatable bonds is 6. The molecule has 0 saturated heterocycles. The molecule has 0 aromatic heterocycles. The summed E-state index contributed by atoms with van der Waals surface area (Å²) in [5.74, 6) is -1.19. The molecule has 1 amide bonds. The summed E-state index contributed by atoms with van der Waals surface area (Å²) in [6, 6.07) is 0. The number of amides is 1. The second-order valence-electron chi connectivity index (χ2n) is 6.52. The fourth-order valence-electron chi connectivity index (χ4n) is 1.82. The molecule has 110 valence electrons. The predicted octanol–water partition coefficient (Wildman–Crippen LogP) is 2.94. The standard InChI is InChI=1S/C15H27NO3/c1-8-9-16(14(4,5)6)12(17)10-15(7,11(2)3)13(18)19/h8,11H,1,9-10H2,2-7H3,(H,18,19). The summed E-state index contributed by atoms with van der Waals surface area (Å²) in [4.78, 5) is 25.5. The van der Waals surface area contributed by atoms with Crippen molar-refractivity contribution < 1.29 is 14.7 Å². The average molecular weight is 269 g/mol. The molecule has 4 nitrogen and oxygen atoms in total. The van der Waals surface area contributed by atoms with Gasteiger partial charge in [0.2, 0.25) is 5.91 Å². The molecule has 0 aromatic carbocycles. The number of carbonyl (C=O) groups is 2. The van der Waals surface area contributed by atoms with E-state index in [9.17, 15) is 14.7 Å². The highest BCUT2D eigenvalue weighted by Crippen LogP contribution is 2.33. The summed E-state index contributed by atoms with van der Waals surface area (Å²) in [5.41, 5.74) is -1.39. The lowest BCUT2D eigenvalue weighted by atomic mass is 9.76. The van der Waals surface area contributed by atoms with Crippen LogP contribution in [-0.4, -0.2) is 34.0 Å². The van der Waals surface area contributed by atoms with E-state index in [2.05, 4.69) is 6.58 Å². The van der Waals surface area contributed by atoms with Gasteiger partial charge in [-0.2, -0.15) is 0 Å². The number of hydrogen-bond acceptors (Lipinski definition) is 2. The number of carboxylic acid groups (broad SMARTS) is 1. The molecule has 1 N–H and O–H groups in total. The predicted molar refractivity (Wildman–Crippen MR) is 76.9 cm³/mol. The Bertz CT molecular complexity index is 355. The first-order valence-electron chi connectivity index (χ1n) is 6.61. The molecule has 0 aliphatic rings. The van der Waals surface area contributed by atoms with Gasteiger partial charge in [0.1, 0.15) is 0 Å². The second-order valence-corrected chi connectivity index (χ2v) is 6.52. The van der Waals surface area contributed by atoms with Gasteiger partial charge < -0.3 is 10.0 Å². The molecule has 0 aromatic rings. The highest BCUT2D eigenvalue weighted by Gasteiger charge is 2.41. The first-order valence-corrected chi connectivity index (χ1v) is 6.61. The first-order chi connectivity index (χ1) is 8.46. The third-order valence-electron chi connectivity index (χ3n) is 3.70. The van der Waals surface area contributed by atoms with E-state index in [1.54, 1.807) is 17.9 Å². The minimum absolute atomic E-state index is 0.00507. The SMILES string of the molecule is C=CCN(C(=O)CC(C)(C(=O)O)C(C)C)C(C)(C)C. The monoisotopic (exact) mass is 269 g/mol. The van der Waals surface area contributed by atoms with E-state index in [-0.39, 0.29) is 23.8 Å². The van der Waals surface area contributed by atoms with Gasteiger partial charge in [-0.25, -0.2) is 0 Å². The van der Waals surface area contributed by atoms with E-state index in [0.29, 0.717) is 6.54 Å². The maximum atomic E-state index is 12.4. The van der Waals surface area contributed by atoms with Crippen LogP contribution in [0, 0.1) is 11.3 Å². The summed E-state index contributed by atoms with van der Waals surface area (Å²) in [6.45, 7) is 15.2. The molecule has 1 atom stereocenters. The fourth-order valence-corrected chi connectivity index (χ4v) is 1.82. The van der Waals surface area contributed by atoms with Crippen molar-refractivity contribution in [1.29, 1.82) is 0 Å². The van der Waals surface area contributed by atoms with Crippen LogP contribution in [0.2, 0.25) is 0 Å². The van der Waals surface area contributed by atoms with Gasteiger partial charge in [0.15, 0.2) is 0 Å². The van der Waals surface area contributed by atoms with Gasteiger partial charge in [0.05, 0.1) is 5.41 Å². The van der Waals surface area contributed by atoms with Crippen LogP contribution < -0.4 is 0 Å². The number of aliphatic carboxylic acids is 1. The van der Waals surface area contributed by atoms with Crippen LogP contribution in [0.1, 0.15) is 48.0 Å². The van der Waals surface area contributed by atoms with Crippen molar-refractivity contribution in [2.45, 2.75) is 53.5 Å². The second kappa shape index (κ2) is 6.22. The maximum absolute atomic E-state index is 12.4. The zero-order valence-corrected chi connectivity index (χ0v) is 13.0. The van der Waals surface area contributed by atoms with E-state index in [4.69, 9.17) is 0 Å². The molecular weight excluding hydrogens is 242 g/mol. The largest absolute Gasteiger partial charge is 0.481 e. The maximum Gasteiger partial charge on any atom is 0.310 e. The molecule has 0 saturated carbocycles. The number of carbonyl (C=O) groups excluding carboxylic acids is 1. The molecule has 4 heteroatoms. The van der Waals surface area contributed by atoms with Crippen LogP contribution >= 0.6 is 0 Å². The van der Waals surface area contributed by atoms with Crippen molar-refractivity contribution in [2.24, 2.45) is 11.3 Å². The normalized spacial score (nSPS) is 14.9. The van der Waals surface area contributed by atoms with Crippen molar-refractivity contribution in [2.75, 3.05) is 6.54 Å². The molecule has 0 bridgehead atoms. The number of carboxylic acids is 1.